The molecule has 2 aromatic rings. The minimum absolute atomic E-state index is 0.174. The van der Waals surface area contributed by atoms with Crippen molar-refractivity contribution in [2.75, 3.05) is 0 Å². The number of allylic oxidation sites excluding steroid dienone is 2. The Balaban J connectivity index is 2.69. The lowest BCUT2D eigenvalue weighted by molar-refractivity contribution is 0.735. The highest BCUT2D eigenvalue weighted by atomic mass is 15.1. The van der Waals surface area contributed by atoms with E-state index in [1.54, 1.807) is 12.3 Å². The number of hydrogen-bond donors (Lipinski definition) is 2. The fraction of sp³-hybridized carbons (Fsp3) is 0.389. The number of nitrogens with one attached hydrogen (secondary N) is 2. The van der Waals surface area contributed by atoms with Gasteiger partial charge < -0.3 is 15.4 Å². The van der Waals surface area contributed by atoms with Gasteiger partial charge in [-0.15, -0.1) is 0 Å². The summed E-state index contributed by atoms with van der Waals surface area (Å²) in [6.45, 7) is 8.49. The molecule has 0 unspecified atom stereocenters. The molecule has 0 fully saturated rings. The second kappa shape index (κ2) is 7.18. The second-order valence-electron chi connectivity index (χ2n) is 6.31. The zero-order valence-corrected chi connectivity index (χ0v) is 14.5. The minimum atomic E-state index is 0.174. The Hall–Kier alpha value is -2.81. The summed E-state index contributed by atoms with van der Waals surface area (Å²) >= 11 is 0. The molecule has 2 heterocycles. The Morgan fingerprint density at radius 2 is 2.00 bits per heavy atom. The number of hydrogen-bond acceptors (Lipinski definition) is 5. The van der Waals surface area contributed by atoms with E-state index >= 15 is 0 Å². The topological polar surface area (TPSA) is 102 Å². The Morgan fingerprint density at radius 3 is 2.54 bits per heavy atom. The van der Waals surface area contributed by atoms with Crippen molar-refractivity contribution >= 4 is 23.0 Å². The van der Waals surface area contributed by atoms with Crippen molar-refractivity contribution in [2.24, 2.45) is 0 Å². The molecule has 6 nitrogen and oxygen atoms in total. The molecule has 0 radical (unpaired) electrons. The first kappa shape index (κ1) is 17.5. The third-order valence-electron chi connectivity index (χ3n) is 3.68. The normalized spacial score (nSPS) is 11.5. The van der Waals surface area contributed by atoms with Crippen molar-refractivity contribution in [3.05, 3.63) is 35.4 Å². The van der Waals surface area contributed by atoms with Crippen molar-refractivity contribution in [2.45, 2.75) is 46.1 Å². The fourth-order valence-corrected chi connectivity index (χ4v) is 2.51. The zero-order chi connectivity index (χ0) is 17.9. The lowest BCUT2D eigenvalue weighted by atomic mass is 10.0. The third-order valence-corrected chi connectivity index (χ3v) is 3.68. The predicted octanol–water partition coefficient (Wildman–Crippen LogP) is 3.78. The molecule has 2 rings (SSSR count). The van der Waals surface area contributed by atoms with Crippen LogP contribution in [-0.4, -0.2) is 26.5 Å². The molecule has 0 aliphatic rings. The van der Waals surface area contributed by atoms with E-state index in [-0.39, 0.29) is 11.8 Å². The highest BCUT2D eigenvalue weighted by Gasteiger charge is 2.20. The lowest BCUT2D eigenvalue weighted by Crippen LogP contribution is -2.09. The first-order chi connectivity index (χ1) is 11.4. The molecule has 0 amide bonds. The van der Waals surface area contributed by atoms with Crippen LogP contribution in [0.4, 0.5) is 0 Å². The summed E-state index contributed by atoms with van der Waals surface area (Å²) in [6.07, 6.45) is 5.95. The molecule has 6 heteroatoms. The smallest absolute Gasteiger partial charge is 0.145 e. The number of rotatable bonds is 6. The Kier molecular flexibility index (Phi) is 5.24. The average Bonchev–Trinajstić information content (AvgIpc) is 2.89. The largest absolute Gasteiger partial charge is 0.325 e. The summed E-state index contributed by atoms with van der Waals surface area (Å²) in [5.41, 5.74) is 2.45. The Morgan fingerprint density at radius 1 is 1.29 bits per heavy atom. The summed E-state index contributed by atoms with van der Waals surface area (Å²) in [5, 5.41) is 25.3. The van der Waals surface area contributed by atoms with E-state index in [9.17, 15) is 5.26 Å². The maximum absolute atomic E-state index is 9.49. The predicted molar refractivity (Wildman–Crippen MR) is 96.1 cm³/mol. The maximum atomic E-state index is 9.49. The molecule has 0 spiro atoms. The molecule has 0 saturated heterocycles. The van der Waals surface area contributed by atoms with Crippen LogP contribution in [-0.2, 0) is 6.54 Å². The van der Waals surface area contributed by atoms with E-state index in [2.05, 4.69) is 29.9 Å². The summed E-state index contributed by atoms with van der Waals surface area (Å²) in [6, 6.07) is 2.23. The van der Waals surface area contributed by atoms with Crippen molar-refractivity contribution in [3.8, 4) is 6.07 Å². The quantitative estimate of drug-likeness (QED) is 0.791. The van der Waals surface area contributed by atoms with Crippen molar-refractivity contribution in [1.29, 1.82) is 16.1 Å². The Bertz CT molecular complexity index is 848. The van der Waals surface area contributed by atoms with Crippen molar-refractivity contribution in [1.82, 2.24) is 14.5 Å². The van der Waals surface area contributed by atoms with Gasteiger partial charge in [-0.3, -0.25) is 0 Å². The SMILES string of the molecule is CC(C)c1nc(C(C)C)c2c(C#N)cn(CC(=N)/C=C\C=N)c2n1. The third kappa shape index (κ3) is 3.40. The van der Waals surface area contributed by atoms with Crippen LogP contribution in [0.1, 0.15) is 56.6 Å². The van der Waals surface area contributed by atoms with E-state index in [0.717, 1.165) is 23.1 Å². The molecule has 0 aliphatic heterocycles. The summed E-state index contributed by atoms with van der Waals surface area (Å²) in [4.78, 5) is 9.33. The van der Waals surface area contributed by atoms with Crippen LogP contribution in [0.15, 0.2) is 18.3 Å². The first-order valence-electron chi connectivity index (χ1n) is 7.94. The molecular weight excluding hydrogens is 300 g/mol. The van der Waals surface area contributed by atoms with Gasteiger partial charge in [-0.25, -0.2) is 9.97 Å². The maximum Gasteiger partial charge on any atom is 0.145 e. The van der Waals surface area contributed by atoms with E-state index in [1.807, 2.05) is 18.4 Å². The van der Waals surface area contributed by atoms with Crippen LogP contribution in [0.2, 0.25) is 0 Å². The number of nitriles is 1. The van der Waals surface area contributed by atoms with Gasteiger partial charge in [-0.1, -0.05) is 27.7 Å². The molecule has 24 heavy (non-hydrogen) atoms. The average molecular weight is 322 g/mol. The Labute approximate surface area is 141 Å². The molecule has 2 N–H and O–H groups in total. The molecule has 0 atom stereocenters. The molecule has 0 aromatic carbocycles. The van der Waals surface area contributed by atoms with Crippen molar-refractivity contribution in [3.63, 3.8) is 0 Å². The van der Waals surface area contributed by atoms with Gasteiger partial charge in [-0.2, -0.15) is 5.26 Å². The van der Waals surface area contributed by atoms with E-state index in [1.165, 1.54) is 6.08 Å². The van der Waals surface area contributed by atoms with Crippen LogP contribution in [0, 0.1) is 22.1 Å². The molecule has 0 saturated carbocycles. The fourth-order valence-electron chi connectivity index (χ4n) is 2.51. The minimum Gasteiger partial charge on any atom is -0.325 e. The zero-order valence-electron chi connectivity index (χ0n) is 14.5. The summed E-state index contributed by atoms with van der Waals surface area (Å²) in [5.74, 6) is 1.10. The molecule has 124 valence electrons. The van der Waals surface area contributed by atoms with Crippen LogP contribution in [0.3, 0.4) is 0 Å². The van der Waals surface area contributed by atoms with Crippen LogP contribution >= 0.6 is 0 Å². The molecule has 2 aromatic heterocycles. The van der Waals surface area contributed by atoms with Gasteiger partial charge in [0.05, 0.1) is 28.9 Å². The number of aromatic nitrogens is 3. The van der Waals surface area contributed by atoms with Gasteiger partial charge in [-0.05, 0) is 18.1 Å². The first-order valence-corrected chi connectivity index (χ1v) is 7.94. The van der Waals surface area contributed by atoms with Gasteiger partial charge in [0.1, 0.15) is 17.5 Å². The van der Waals surface area contributed by atoms with Crippen molar-refractivity contribution < 1.29 is 0 Å². The lowest BCUT2D eigenvalue weighted by Gasteiger charge is -2.12. The highest BCUT2D eigenvalue weighted by Crippen LogP contribution is 2.29. The highest BCUT2D eigenvalue weighted by molar-refractivity contribution is 5.96. The molecule has 0 bridgehead atoms. The van der Waals surface area contributed by atoms with Gasteiger partial charge >= 0.3 is 0 Å². The number of fused-ring (bicyclic) bond motifs is 1. The standard InChI is InChI=1S/C18H22N6/c1-11(2)16-15-13(8-20)9-24(10-14(21)6-5-7-19)18(15)23-17(22-16)12(3)4/h5-7,9,11-12,19,21H,10H2,1-4H3/b6-5-,19-7?,21-14?. The van der Waals surface area contributed by atoms with E-state index in [0.29, 0.717) is 23.5 Å². The van der Waals surface area contributed by atoms with Gasteiger partial charge in [0.15, 0.2) is 0 Å². The van der Waals surface area contributed by atoms with E-state index in [4.69, 9.17) is 10.8 Å². The van der Waals surface area contributed by atoms with E-state index < -0.39 is 0 Å². The summed E-state index contributed by atoms with van der Waals surface area (Å²) in [7, 11) is 0. The molecular formula is C18H22N6. The summed E-state index contributed by atoms with van der Waals surface area (Å²) < 4.78 is 1.82. The number of nitrogens with zero attached hydrogens (tertiary/aromatic N) is 4. The van der Waals surface area contributed by atoms with Crippen LogP contribution < -0.4 is 0 Å². The van der Waals surface area contributed by atoms with Gasteiger partial charge in [0.25, 0.3) is 0 Å². The van der Waals surface area contributed by atoms with Crippen LogP contribution in [0.25, 0.3) is 11.0 Å². The van der Waals surface area contributed by atoms with Gasteiger partial charge in [0, 0.05) is 18.3 Å². The monoisotopic (exact) mass is 322 g/mol. The van der Waals surface area contributed by atoms with Gasteiger partial charge in [0.2, 0.25) is 0 Å². The second-order valence-corrected chi connectivity index (χ2v) is 6.31. The molecule has 0 aliphatic carbocycles. The van der Waals surface area contributed by atoms with Crippen LogP contribution in [0.5, 0.6) is 0 Å².